The maximum Gasteiger partial charge on any atom is 0.313 e. The summed E-state index contributed by atoms with van der Waals surface area (Å²) in [6.07, 6.45) is 0. The molecule has 7 nitrogen and oxygen atoms in total. The Labute approximate surface area is 125 Å². The van der Waals surface area contributed by atoms with Crippen LogP contribution in [0.5, 0.6) is 5.75 Å². The Morgan fingerprint density at radius 1 is 1.24 bits per heavy atom. The van der Waals surface area contributed by atoms with Crippen molar-refractivity contribution in [3.05, 3.63) is 29.8 Å². The van der Waals surface area contributed by atoms with Crippen LogP contribution in [0.1, 0.15) is 10.4 Å². The monoisotopic (exact) mass is 312 g/mol. The van der Waals surface area contributed by atoms with E-state index in [1.807, 2.05) is 0 Å². The van der Waals surface area contributed by atoms with Crippen molar-refractivity contribution in [1.82, 2.24) is 5.32 Å². The molecule has 0 aromatic heterocycles. The number of aliphatic carboxylic acids is 1. The summed E-state index contributed by atoms with van der Waals surface area (Å²) >= 11 is 1.23. The van der Waals surface area contributed by atoms with Gasteiger partial charge in [-0.25, -0.2) is 0 Å². The summed E-state index contributed by atoms with van der Waals surface area (Å²) < 4.78 is 5.07. The first-order valence-electron chi connectivity index (χ1n) is 6.08. The molecule has 0 spiro atoms. The van der Waals surface area contributed by atoms with Crippen LogP contribution in [0.2, 0.25) is 0 Å². The summed E-state index contributed by atoms with van der Waals surface area (Å²) in [4.78, 5) is 32.6. The van der Waals surface area contributed by atoms with E-state index >= 15 is 0 Å². The van der Waals surface area contributed by atoms with Gasteiger partial charge in [0.2, 0.25) is 0 Å². The number of hydrogen-bond donors (Lipinski definition) is 3. The molecule has 114 valence electrons. The molecule has 1 rings (SSSR count). The Balaban J connectivity index is 2.34. The van der Waals surface area contributed by atoms with Crippen molar-refractivity contribution in [1.29, 1.82) is 0 Å². The van der Waals surface area contributed by atoms with E-state index in [-0.39, 0.29) is 18.3 Å². The number of thioether (sulfide) groups is 1. The van der Waals surface area contributed by atoms with Crippen LogP contribution in [0.3, 0.4) is 0 Å². The summed E-state index contributed by atoms with van der Waals surface area (Å²) in [6.45, 7) is 0.170. The number of primary amides is 1. The van der Waals surface area contributed by atoms with E-state index in [4.69, 9.17) is 15.6 Å². The second-order valence-corrected chi connectivity index (χ2v) is 5.09. The zero-order chi connectivity index (χ0) is 15.7. The van der Waals surface area contributed by atoms with Gasteiger partial charge in [0.05, 0.1) is 5.75 Å². The van der Waals surface area contributed by atoms with Crippen LogP contribution in [-0.2, 0) is 9.59 Å². The third kappa shape index (κ3) is 7.21. The molecule has 0 radical (unpaired) electrons. The smallest absolute Gasteiger partial charge is 0.313 e. The number of nitrogens with two attached hydrogens (primary N) is 1. The minimum absolute atomic E-state index is 0.0156. The molecular formula is C13H16N2O5S. The number of ether oxygens (including phenoxy) is 1. The topological polar surface area (TPSA) is 119 Å². The number of benzene rings is 1. The number of carboxylic acids is 1. The molecule has 0 saturated carbocycles. The summed E-state index contributed by atoms with van der Waals surface area (Å²) in [5, 5.41) is 11.1. The number of amides is 2. The van der Waals surface area contributed by atoms with Gasteiger partial charge in [-0.05, 0) is 24.3 Å². The zero-order valence-electron chi connectivity index (χ0n) is 11.2. The first kappa shape index (κ1) is 16.8. The number of rotatable bonds is 9. The van der Waals surface area contributed by atoms with Gasteiger partial charge >= 0.3 is 5.97 Å². The molecule has 0 atom stereocenters. The Kier molecular flexibility index (Phi) is 7.10. The molecule has 0 aliphatic carbocycles. The minimum Gasteiger partial charge on any atom is -0.484 e. The van der Waals surface area contributed by atoms with Gasteiger partial charge < -0.3 is 20.9 Å². The number of carbonyl (C=O) groups excluding carboxylic acids is 2. The maximum absolute atomic E-state index is 11.8. The fourth-order valence-electron chi connectivity index (χ4n) is 1.36. The molecular weight excluding hydrogens is 296 g/mol. The molecule has 8 heteroatoms. The average molecular weight is 312 g/mol. The molecule has 1 aromatic rings. The molecule has 0 heterocycles. The minimum atomic E-state index is -0.877. The van der Waals surface area contributed by atoms with Crippen LogP contribution >= 0.6 is 11.8 Å². The van der Waals surface area contributed by atoms with Gasteiger partial charge in [0.15, 0.2) is 6.61 Å². The van der Waals surface area contributed by atoms with Crippen molar-refractivity contribution in [3.63, 3.8) is 0 Å². The van der Waals surface area contributed by atoms with Gasteiger partial charge in [-0.15, -0.1) is 11.8 Å². The Hall–Kier alpha value is -2.22. The fourth-order valence-corrected chi connectivity index (χ4v) is 1.92. The van der Waals surface area contributed by atoms with Crippen LogP contribution in [0.4, 0.5) is 0 Å². The Morgan fingerprint density at radius 3 is 2.48 bits per heavy atom. The largest absolute Gasteiger partial charge is 0.484 e. The fraction of sp³-hybridized carbons (Fsp3) is 0.308. The predicted molar refractivity (Wildman–Crippen MR) is 78.4 cm³/mol. The standard InChI is InChI=1S/C13H16N2O5S/c14-11(16)7-20-10-3-1-9(2-4-10)13(19)15-5-6-21-8-12(17)18/h1-4H,5-8H2,(H2,14,16)(H,15,19)(H,17,18). The number of carboxylic acid groups (broad SMARTS) is 1. The van der Waals surface area contributed by atoms with E-state index in [0.29, 0.717) is 23.6 Å². The molecule has 0 aliphatic rings. The third-order valence-corrected chi connectivity index (χ3v) is 3.20. The lowest BCUT2D eigenvalue weighted by Crippen LogP contribution is -2.26. The quantitative estimate of drug-likeness (QED) is 0.556. The molecule has 0 saturated heterocycles. The Morgan fingerprint density at radius 2 is 1.90 bits per heavy atom. The normalized spacial score (nSPS) is 9.90. The van der Waals surface area contributed by atoms with E-state index in [0.717, 1.165) is 0 Å². The van der Waals surface area contributed by atoms with Crippen LogP contribution in [0.25, 0.3) is 0 Å². The lowest BCUT2D eigenvalue weighted by Gasteiger charge is -2.06. The van der Waals surface area contributed by atoms with E-state index in [1.54, 1.807) is 24.3 Å². The second kappa shape index (κ2) is 8.85. The van der Waals surface area contributed by atoms with Gasteiger partial charge in [-0.2, -0.15) is 0 Å². The second-order valence-electron chi connectivity index (χ2n) is 3.98. The van der Waals surface area contributed by atoms with Crippen LogP contribution in [0, 0.1) is 0 Å². The van der Waals surface area contributed by atoms with Crippen molar-refractivity contribution >= 4 is 29.5 Å². The van der Waals surface area contributed by atoms with Gasteiger partial charge in [-0.1, -0.05) is 0 Å². The summed E-state index contributed by atoms with van der Waals surface area (Å²) in [6, 6.07) is 6.26. The summed E-state index contributed by atoms with van der Waals surface area (Å²) in [7, 11) is 0. The van der Waals surface area contributed by atoms with E-state index in [9.17, 15) is 14.4 Å². The van der Waals surface area contributed by atoms with Crippen molar-refractivity contribution < 1.29 is 24.2 Å². The highest BCUT2D eigenvalue weighted by atomic mass is 32.2. The number of nitrogens with one attached hydrogen (secondary N) is 1. The van der Waals surface area contributed by atoms with E-state index in [2.05, 4.69) is 5.32 Å². The summed E-state index contributed by atoms with van der Waals surface area (Å²) in [5.41, 5.74) is 5.40. The van der Waals surface area contributed by atoms with Gasteiger partial charge in [0.25, 0.3) is 11.8 Å². The van der Waals surface area contributed by atoms with Crippen molar-refractivity contribution in [2.75, 3.05) is 24.7 Å². The molecule has 4 N–H and O–H groups in total. The first-order chi connectivity index (χ1) is 9.99. The summed E-state index contributed by atoms with van der Waals surface area (Å²) in [5.74, 6) is -0.720. The molecule has 21 heavy (non-hydrogen) atoms. The highest BCUT2D eigenvalue weighted by Crippen LogP contribution is 2.12. The first-order valence-corrected chi connectivity index (χ1v) is 7.23. The molecule has 0 bridgehead atoms. The lowest BCUT2D eigenvalue weighted by molar-refractivity contribution is -0.133. The molecule has 0 unspecified atom stereocenters. The number of hydrogen-bond acceptors (Lipinski definition) is 5. The van der Waals surface area contributed by atoms with Crippen molar-refractivity contribution in [3.8, 4) is 5.75 Å². The van der Waals surface area contributed by atoms with E-state index < -0.39 is 11.9 Å². The number of carbonyl (C=O) groups is 3. The third-order valence-electron chi connectivity index (χ3n) is 2.26. The van der Waals surface area contributed by atoms with Gasteiger partial charge in [0, 0.05) is 17.9 Å². The molecule has 0 aliphatic heterocycles. The molecule has 0 fully saturated rings. The average Bonchev–Trinajstić information content (AvgIpc) is 2.44. The molecule has 2 amide bonds. The van der Waals surface area contributed by atoms with Crippen molar-refractivity contribution in [2.45, 2.75) is 0 Å². The predicted octanol–water partition coefficient (Wildman–Crippen LogP) is 0.0983. The van der Waals surface area contributed by atoms with Crippen LogP contribution < -0.4 is 15.8 Å². The van der Waals surface area contributed by atoms with Crippen molar-refractivity contribution in [2.24, 2.45) is 5.73 Å². The van der Waals surface area contributed by atoms with Gasteiger partial charge in [-0.3, -0.25) is 14.4 Å². The SMILES string of the molecule is NC(=O)COc1ccc(C(=O)NCCSCC(=O)O)cc1. The van der Waals surface area contributed by atoms with Crippen LogP contribution in [-0.4, -0.2) is 47.5 Å². The highest BCUT2D eigenvalue weighted by molar-refractivity contribution is 7.99. The zero-order valence-corrected chi connectivity index (χ0v) is 12.0. The van der Waals surface area contributed by atoms with Crippen LogP contribution in [0.15, 0.2) is 24.3 Å². The highest BCUT2D eigenvalue weighted by Gasteiger charge is 2.06. The van der Waals surface area contributed by atoms with E-state index in [1.165, 1.54) is 11.8 Å². The Bertz CT molecular complexity index is 504. The lowest BCUT2D eigenvalue weighted by atomic mass is 10.2. The molecule has 1 aromatic carbocycles. The maximum atomic E-state index is 11.8. The van der Waals surface area contributed by atoms with Gasteiger partial charge in [0.1, 0.15) is 5.75 Å².